The number of carbonyl (C=O) groups is 1. The fourth-order valence-electron chi connectivity index (χ4n) is 3.35. The topological polar surface area (TPSA) is 85.6 Å². The summed E-state index contributed by atoms with van der Waals surface area (Å²) >= 11 is 0. The van der Waals surface area contributed by atoms with E-state index in [-0.39, 0.29) is 6.03 Å². The number of nitrogens with zero attached hydrogens (tertiary/aromatic N) is 2. The Morgan fingerprint density at radius 3 is 2.75 bits per heavy atom. The van der Waals surface area contributed by atoms with Gasteiger partial charge in [-0.1, -0.05) is 0 Å². The van der Waals surface area contributed by atoms with Gasteiger partial charge in [0.05, 0.1) is 17.7 Å². The number of fused-ring (bicyclic) bond motifs is 1. The molecule has 1 aromatic rings. The first-order valence-electron chi connectivity index (χ1n) is 8.39. The molecule has 24 heavy (non-hydrogen) atoms. The van der Waals surface area contributed by atoms with Crippen molar-refractivity contribution in [3.05, 3.63) is 29.3 Å². The highest BCUT2D eigenvalue weighted by molar-refractivity contribution is 5.75. The molecule has 0 bridgehead atoms. The summed E-state index contributed by atoms with van der Waals surface area (Å²) in [7, 11) is 0. The summed E-state index contributed by atoms with van der Waals surface area (Å²) in [6.07, 6.45) is 2.24. The van der Waals surface area contributed by atoms with Crippen molar-refractivity contribution in [1.82, 2.24) is 10.2 Å². The zero-order valence-electron chi connectivity index (χ0n) is 14.1. The molecule has 0 spiro atoms. The zero-order valence-corrected chi connectivity index (χ0v) is 14.1. The van der Waals surface area contributed by atoms with Gasteiger partial charge in [0.2, 0.25) is 0 Å². The molecule has 0 aromatic heterocycles. The molecule has 1 aromatic carbocycles. The number of urea groups is 1. The van der Waals surface area contributed by atoms with Crippen molar-refractivity contribution in [2.24, 2.45) is 0 Å². The second-order valence-corrected chi connectivity index (χ2v) is 6.99. The number of aliphatic hydroxyl groups excluding tert-OH is 1. The lowest BCUT2D eigenvalue weighted by Gasteiger charge is -2.43. The first kappa shape index (κ1) is 16.6. The summed E-state index contributed by atoms with van der Waals surface area (Å²) < 4.78 is 5.86. The molecule has 0 aliphatic carbocycles. The van der Waals surface area contributed by atoms with Gasteiger partial charge in [-0.3, -0.25) is 0 Å². The van der Waals surface area contributed by atoms with Gasteiger partial charge in [0.1, 0.15) is 17.5 Å². The van der Waals surface area contributed by atoms with Crippen LogP contribution in [0.2, 0.25) is 0 Å². The van der Waals surface area contributed by atoms with E-state index >= 15 is 0 Å². The molecule has 2 amide bonds. The summed E-state index contributed by atoms with van der Waals surface area (Å²) in [5.74, 6) is 0.591. The van der Waals surface area contributed by atoms with E-state index in [0.717, 1.165) is 32.4 Å². The standard InChI is InChI=1S/C18H23N3O3/c1-18(2)16(22)15(20-17(23)21-8-4-3-5-9-21)13-10-12(11-19)6-7-14(13)24-18/h6-7,10,15-16,22H,3-5,8-9H2,1-2H3,(H,20,23). The highest BCUT2D eigenvalue weighted by atomic mass is 16.5. The Labute approximate surface area is 142 Å². The van der Waals surface area contributed by atoms with Gasteiger partial charge in [-0.25, -0.2) is 4.79 Å². The molecule has 2 N–H and O–H groups in total. The maximum absolute atomic E-state index is 12.6. The Morgan fingerprint density at radius 1 is 1.38 bits per heavy atom. The molecule has 128 valence electrons. The Hall–Kier alpha value is -2.26. The number of aliphatic hydroxyl groups is 1. The summed E-state index contributed by atoms with van der Waals surface area (Å²) in [6.45, 7) is 5.05. The fourth-order valence-corrected chi connectivity index (χ4v) is 3.35. The van der Waals surface area contributed by atoms with E-state index in [1.807, 2.05) is 0 Å². The van der Waals surface area contributed by atoms with Crippen molar-refractivity contribution in [2.75, 3.05) is 13.1 Å². The van der Waals surface area contributed by atoms with Crippen LogP contribution in [-0.4, -0.2) is 40.8 Å². The highest BCUT2D eigenvalue weighted by Gasteiger charge is 2.44. The molecular formula is C18H23N3O3. The van der Waals surface area contributed by atoms with E-state index in [2.05, 4.69) is 11.4 Å². The molecule has 3 rings (SSSR count). The lowest BCUT2D eigenvalue weighted by molar-refractivity contribution is -0.0628. The Balaban J connectivity index is 1.90. The smallest absolute Gasteiger partial charge is 0.317 e. The molecule has 0 saturated carbocycles. The first-order chi connectivity index (χ1) is 11.4. The minimum Gasteiger partial charge on any atom is -0.485 e. The summed E-state index contributed by atoms with van der Waals surface area (Å²) in [5.41, 5.74) is 0.286. The molecule has 1 saturated heterocycles. The minimum atomic E-state index is -0.910. The normalized spacial score (nSPS) is 25.2. The Bertz CT molecular complexity index is 675. The fraction of sp³-hybridized carbons (Fsp3) is 0.556. The predicted octanol–water partition coefficient (Wildman–Crippen LogP) is 2.33. The lowest BCUT2D eigenvalue weighted by atomic mass is 9.86. The van der Waals surface area contributed by atoms with Gasteiger partial charge in [0.15, 0.2) is 0 Å². The number of nitriles is 1. The van der Waals surface area contributed by atoms with Crippen LogP contribution < -0.4 is 10.1 Å². The van der Waals surface area contributed by atoms with Crippen molar-refractivity contribution in [3.63, 3.8) is 0 Å². The van der Waals surface area contributed by atoms with Gasteiger partial charge < -0.3 is 20.1 Å². The number of piperidine rings is 1. The predicted molar refractivity (Wildman–Crippen MR) is 88.6 cm³/mol. The van der Waals surface area contributed by atoms with E-state index in [1.165, 1.54) is 0 Å². The number of amides is 2. The molecule has 2 aliphatic rings. The maximum Gasteiger partial charge on any atom is 0.317 e. The average molecular weight is 329 g/mol. The van der Waals surface area contributed by atoms with E-state index in [9.17, 15) is 9.90 Å². The van der Waals surface area contributed by atoms with E-state index < -0.39 is 17.7 Å². The van der Waals surface area contributed by atoms with Crippen LogP contribution in [0.4, 0.5) is 4.79 Å². The number of nitrogens with one attached hydrogen (secondary N) is 1. The minimum absolute atomic E-state index is 0.176. The number of hydrogen-bond acceptors (Lipinski definition) is 4. The maximum atomic E-state index is 12.6. The van der Waals surface area contributed by atoms with Crippen molar-refractivity contribution in [1.29, 1.82) is 5.26 Å². The summed E-state index contributed by atoms with van der Waals surface area (Å²) in [6, 6.07) is 6.38. The average Bonchev–Trinajstić information content (AvgIpc) is 2.59. The Kier molecular flexibility index (Phi) is 4.37. The molecule has 2 unspecified atom stereocenters. The van der Waals surface area contributed by atoms with Gasteiger partial charge in [0.25, 0.3) is 0 Å². The van der Waals surface area contributed by atoms with Gasteiger partial charge in [-0.2, -0.15) is 5.26 Å². The van der Waals surface area contributed by atoms with E-state index in [1.54, 1.807) is 36.9 Å². The summed E-state index contributed by atoms with van der Waals surface area (Å²) in [4.78, 5) is 14.4. The molecular weight excluding hydrogens is 306 g/mol. The van der Waals surface area contributed by atoms with E-state index in [4.69, 9.17) is 10.00 Å². The van der Waals surface area contributed by atoms with Crippen LogP contribution in [0.3, 0.4) is 0 Å². The first-order valence-corrected chi connectivity index (χ1v) is 8.39. The third-order valence-corrected chi connectivity index (χ3v) is 4.80. The number of likely N-dealkylation sites (tertiary alicyclic amines) is 1. The molecule has 6 heteroatoms. The van der Waals surface area contributed by atoms with E-state index in [0.29, 0.717) is 16.9 Å². The van der Waals surface area contributed by atoms with Gasteiger partial charge in [-0.05, 0) is 51.3 Å². The summed E-state index contributed by atoms with van der Waals surface area (Å²) in [5, 5.41) is 22.8. The third kappa shape index (κ3) is 3.04. The number of rotatable bonds is 1. The van der Waals surface area contributed by atoms with Crippen LogP contribution in [0.15, 0.2) is 18.2 Å². The van der Waals surface area contributed by atoms with Gasteiger partial charge >= 0.3 is 6.03 Å². The largest absolute Gasteiger partial charge is 0.485 e. The monoisotopic (exact) mass is 329 g/mol. The zero-order chi connectivity index (χ0) is 17.3. The highest BCUT2D eigenvalue weighted by Crippen LogP contribution is 2.40. The van der Waals surface area contributed by atoms with Crippen LogP contribution in [0.25, 0.3) is 0 Å². The van der Waals surface area contributed by atoms with Gasteiger partial charge in [0, 0.05) is 18.7 Å². The number of carbonyl (C=O) groups excluding carboxylic acids is 1. The van der Waals surface area contributed by atoms with Crippen LogP contribution >= 0.6 is 0 Å². The number of ether oxygens (including phenoxy) is 1. The lowest BCUT2D eigenvalue weighted by Crippen LogP contribution is -2.55. The number of hydrogen-bond donors (Lipinski definition) is 2. The van der Waals surface area contributed by atoms with Crippen LogP contribution in [0.1, 0.15) is 50.3 Å². The van der Waals surface area contributed by atoms with Crippen molar-refractivity contribution < 1.29 is 14.6 Å². The van der Waals surface area contributed by atoms with Crippen molar-refractivity contribution in [3.8, 4) is 11.8 Å². The SMILES string of the molecule is CC1(C)Oc2ccc(C#N)cc2C(NC(=O)N2CCCCC2)C1O. The quantitative estimate of drug-likeness (QED) is 0.828. The van der Waals surface area contributed by atoms with Crippen LogP contribution in [-0.2, 0) is 0 Å². The Morgan fingerprint density at radius 2 is 2.08 bits per heavy atom. The second-order valence-electron chi connectivity index (χ2n) is 6.99. The molecule has 2 atom stereocenters. The van der Waals surface area contributed by atoms with Crippen LogP contribution in [0, 0.1) is 11.3 Å². The molecule has 6 nitrogen and oxygen atoms in total. The third-order valence-electron chi connectivity index (χ3n) is 4.80. The second kappa shape index (κ2) is 6.33. The van der Waals surface area contributed by atoms with Crippen molar-refractivity contribution in [2.45, 2.75) is 50.9 Å². The molecule has 2 aliphatic heterocycles. The van der Waals surface area contributed by atoms with Crippen molar-refractivity contribution >= 4 is 6.03 Å². The molecule has 2 heterocycles. The molecule has 1 fully saturated rings. The molecule has 0 radical (unpaired) electrons. The van der Waals surface area contributed by atoms with Gasteiger partial charge in [-0.15, -0.1) is 0 Å². The number of benzene rings is 1. The van der Waals surface area contributed by atoms with Crippen LogP contribution in [0.5, 0.6) is 5.75 Å².